The van der Waals surface area contributed by atoms with Gasteiger partial charge in [0.2, 0.25) is 0 Å². The number of ether oxygens (including phenoxy) is 1. The number of carbonyl (C=O) groups is 1. The van der Waals surface area contributed by atoms with Crippen molar-refractivity contribution in [3.8, 4) is 5.75 Å². The summed E-state index contributed by atoms with van der Waals surface area (Å²) in [7, 11) is 0. The first kappa shape index (κ1) is 22.4. The summed E-state index contributed by atoms with van der Waals surface area (Å²) in [5, 5.41) is 15.8. The third-order valence-corrected chi connectivity index (χ3v) is 5.86. The molecule has 0 amide bonds. The lowest BCUT2D eigenvalue weighted by atomic mass is 10.1. The molecular formula is C30H26N2O3. The molecule has 0 aliphatic carbocycles. The zero-order valence-electron chi connectivity index (χ0n) is 19.1. The van der Waals surface area contributed by atoms with E-state index in [9.17, 15) is 9.90 Å². The van der Waals surface area contributed by atoms with E-state index in [0.29, 0.717) is 12.1 Å². The number of allylic oxidation sites excluding steroid dienone is 1. The predicted octanol–water partition coefficient (Wildman–Crippen LogP) is 6.07. The molecule has 5 rings (SSSR count). The highest BCUT2D eigenvalue weighted by atomic mass is 16.5. The molecule has 3 N–H and O–H groups in total. The minimum Gasteiger partial charge on any atom is -0.490 e. The number of anilines is 1. The fourth-order valence-corrected chi connectivity index (χ4v) is 4.05. The second-order valence-electron chi connectivity index (χ2n) is 8.38. The molecule has 0 radical (unpaired) electrons. The Hall–Kier alpha value is -4.35. The van der Waals surface area contributed by atoms with E-state index in [-0.39, 0.29) is 12.4 Å². The average molecular weight is 463 g/mol. The van der Waals surface area contributed by atoms with Crippen molar-refractivity contribution in [1.82, 2.24) is 4.98 Å². The maximum absolute atomic E-state index is 12.4. The van der Waals surface area contributed by atoms with E-state index in [1.165, 1.54) is 0 Å². The number of aromatic nitrogens is 1. The fourth-order valence-electron chi connectivity index (χ4n) is 4.05. The lowest BCUT2D eigenvalue weighted by Gasteiger charge is -2.15. The van der Waals surface area contributed by atoms with Gasteiger partial charge < -0.3 is 20.1 Å². The third kappa shape index (κ3) is 5.26. The number of aliphatic hydroxyl groups excluding tert-OH is 1. The zero-order chi connectivity index (χ0) is 24.0. The van der Waals surface area contributed by atoms with Crippen LogP contribution in [0.25, 0.3) is 27.9 Å². The van der Waals surface area contributed by atoms with Crippen LogP contribution in [-0.2, 0) is 0 Å². The molecule has 174 valence electrons. The van der Waals surface area contributed by atoms with Gasteiger partial charge in [-0.2, -0.15) is 0 Å². The molecule has 5 nitrogen and oxygen atoms in total. The van der Waals surface area contributed by atoms with E-state index >= 15 is 0 Å². The van der Waals surface area contributed by atoms with Crippen LogP contribution in [0.2, 0.25) is 0 Å². The molecule has 0 saturated carbocycles. The van der Waals surface area contributed by atoms with Crippen LogP contribution in [0.15, 0.2) is 103 Å². The van der Waals surface area contributed by atoms with Gasteiger partial charge in [0.25, 0.3) is 0 Å². The highest BCUT2D eigenvalue weighted by molar-refractivity contribution is 6.10. The summed E-state index contributed by atoms with van der Waals surface area (Å²) in [6.45, 7) is 0.484. The van der Waals surface area contributed by atoms with Crippen LogP contribution < -0.4 is 10.1 Å². The number of para-hydroxylation sites is 1. The molecule has 1 heterocycles. The molecule has 1 atom stereocenters. The van der Waals surface area contributed by atoms with Crippen molar-refractivity contribution in [2.24, 2.45) is 0 Å². The number of aromatic amines is 1. The van der Waals surface area contributed by atoms with Crippen molar-refractivity contribution in [2.75, 3.05) is 18.5 Å². The number of carbonyl (C=O) groups excluding carboxylic acids is 1. The van der Waals surface area contributed by atoms with Gasteiger partial charge in [0.1, 0.15) is 18.5 Å². The molecule has 0 spiro atoms. The number of hydrogen-bond acceptors (Lipinski definition) is 4. The molecule has 0 bridgehead atoms. The van der Waals surface area contributed by atoms with Crippen LogP contribution >= 0.6 is 0 Å². The molecule has 0 aliphatic heterocycles. The molecule has 0 fully saturated rings. The summed E-state index contributed by atoms with van der Waals surface area (Å²) < 4.78 is 5.99. The van der Waals surface area contributed by atoms with Crippen LogP contribution in [0.1, 0.15) is 15.9 Å². The largest absolute Gasteiger partial charge is 0.490 e. The number of benzene rings is 4. The van der Waals surface area contributed by atoms with Crippen LogP contribution in [-0.4, -0.2) is 35.1 Å². The first-order chi connectivity index (χ1) is 17.2. The van der Waals surface area contributed by atoms with Crippen LogP contribution in [0.4, 0.5) is 5.69 Å². The highest BCUT2D eigenvalue weighted by Crippen LogP contribution is 2.33. The zero-order valence-corrected chi connectivity index (χ0v) is 19.1. The second kappa shape index (κ2) is 10.3. The Morgan fingerprint density at radius 3 is 2.46 bits per heavy atom. The summed E-state index contributed by atoms with van der Waals surface area (Å²) in [6, 6.07) is 30.9. The minimum absolute atomic E-state index is 0.0553. The number of ketones is 1. The third-order valence-electron chi connectivity index (χ3n) is 5.86. The maximum Gasteiger partial charge on any atom is 0.185 e. The fraction of sp³-hybridized carbons (Fsp3) is 0.100. The van der Waals surface area contributed by atoms with Gasteiger partial charge in [-0.25, -0.2) is 0 Å². The van der Waals surface area contributed by atoms with Gasteiger partial charge >= 0.3 is 0 Å². The summed E-state index contributed by atoms with van der Waals surface area (Å²) in [6.07, 6.45) is 2.68. The summed E-state index contributed by atoms with van der Waals surface area (Å²) in [5.41, 5.74) is 4.48. The Morgan fingerprint density at radius 2 is 1.63 bits per heavy atom. The second-order valence-corrected chi connectivity index (χ2v) is 8.38. The number of H-pyrrole nitrogens is 1. The Bertz CT molecular complexity index is 1470. The smallest absolute Gasteiger partial charge is 0.185 e. The van der Waals surface area contributed by atoms with Crippen molar-refractivity contribution in [2.45, 2.75) is 6.10 Å². The average Bonchev–Trinajstić information content (AvgIpc) is 3.29. The van der Waals surface area contributed by atoms with Gasteiger partial charge in [-0.1, -0.05) is 60.7 Å². The van der Waals surface area contributed by atoms with Crippen molar-refractivity contribution in [1.29, 1.82) is 0 Å². The van der Waals surface area contributed by atoms with Crippen molar-refractivity contribution in [3.05, 3.63) is 114 Å². The standard InChI is InChI=1S/C30H26N2O3/c33-24(20-35-29-12-6-11-27-30(29)25-9-4-5-10-26(25)32-27)19-31-23-16-14-22(15-17-23)28(34)18-13-21-7-2-1-3-8-21/h1-18,24,31-33H,19-20H2/b18-13+. The van der Waals surface area contributed by atoms with E-state index in [1.54, 1.807) is 18.2 Å². The number of fused-ring (bicyclic) bond motifs is 3. The number of rotatable bonds is 9. The van der Waals surface area contributed by atoms with E-state index in [0.717, 1.165) is 38.8 Å². The van der Waals surface area contributed by atoms with E-state index in [4.69, 9.17) is 4.74 Å². The topological polar surface area (TPSA) is 74.3 Å². The van der Waals surface area contributed by atoms with Gasteiger partial charge in [-0.05, 0) is 54.1 Å². The lowest BCUT2D eigenvalue weighted by molar-refractivity contribution is 0.104. The van der Waals surface area contributed by atoms with Gasteiger partial charge in [-0.15, -0.1) is 0 Å². The Balaban J connectivity index is 1.16. The maximum atomic E-state index is 12.4. The number of nitrogens with one attached hydrogen (secondary N) is 2. The van der Waals surface area contributed by atoms with E-state index < -0.39 is 6.10 Å². The van der Waals surface area contributed by atoms with Gasteiger partial charge in [0.15, 0.2) is 5.78 Å². The predicted molar refractivity (Wildman–Crippen MR) is 142 cm³/mol. The summed E-state index contributed by atoms with van der Waals surface area (Å²) >= 11 is 0. The summed E-state index contributed by atoms with van der Waals surface area (Å²) in [5.74, 6) is 0.686. The first-order valence-electron chi connectivity index (χ1n) is 11.6. The molecule has 1 aromatic heterocycles. The van der Waals surface area contributed by atoms with Crippen molar-refractivity contribution < 1.29 is 14.6 Å². The van der Waals surface area contributed by atoms with Crippen molar-refractivity contribution in [3.63, 3.8) is 0 Å². The molecule has 0 saturated heterocycles. The SMILES string of the molecule is O=C(/C=C/c1ccccc1)c1ccc(NCC(O)COc2cccc3[nH]c4ccccc4c23)cc1. The molecule has 5 aromatic rings. The minimum atomic E-state index is -0.703. The number of aliphatic hydroxyl groups is 1. The Morgan fingerprint density at radius 1 is 0.886 bits per heavy atom. The van der Waals surface area contributed by atoms with Gasteiger partial charge in [0.05, 0.1) is 5.52 Å². The molecule has 4 aromatic carbocycles. The Kier molecular flexibility index (Phi) is 6.59. The van der Waals surface area contributed by atoms with Crippen LogP contribution in [0.3, 0.4) is 0 Å². The van der Waals surface area contributed by atoms with Crippen LogP contribution in [0, 0.1) is 0 Å². The molecular weight excluding hydrogens is 436 g/mol. The highest BCUT2D eigenvalue weighted by Gasteiger charge is 2.12. The lowest BCUT2D eigenvalue weighted by Crippen LogP contribution is -2.26. The molecule has 5 heteroatoms. The van der Waals surface area contributed by atoms with Crippen molar-refractivity contribution >= 4 is 39.4 Å². The quantitative estimate of drug-likeness (QED) is 0.184. The van der Waals surface area contributed by atoms with E-state index in [2.05, 4.69) is 16.4 Å². The van der Waals surface area contributed by atoms with Crippen LogP contribution in [0.5, 0.6) is 5.75 Å². The monoisotopic (exact) mass is 462 g/mol. The normalized spacial score (nSPS) is 12.3. The van der Waals surface area contributed by atoms with E-state index in [1.807, 2.05) is 84.9 Å². The van der Waals surface area contributed by atoms with Gasteiger partial charge in [0, 0.05) is 34.1 Å². The Labute approximate surface area is 203 Å². The molecule has 35 heavy (non-hydrogen) atoms. The summed E-state index contributed by atoms with van der Waals surface area (Å²) in [4.78, 5) is 15.8. The van der Waals surface area contributed by atoms with Gasteiger partial charge in [-0.3, -0.25) is 4.79 Å². The first-order valence-corrected chi connectivity index (χ1v) is 11.6. The molecule has 0 aliphatic rings. The molecule has 1 unspecified atom stereocenters. The number of hydrogen-bond donors (Lipinski definition) is 3.